The number of hydrogen-bond acceptors (Lipinski definition) is 6. The molecule has 3 aliphatic carbocycles. The van der Waals surface area contributed by atoms with Crippen LogP contribution in [-0.2, 0) is 27.1 Å². The highest BCUT2D eigenvalue weighted by atomic mass is 32.1. The van der Waals surface area contributed by atoms with E-state index in [9.17, 15) is 14.4 Å². The van der Waals surface area contributed by atoms with Crippen LogP contribution in [0.4, 0.5) is 9.80 Å². The van der Waals surface area contributed by atoms with Crippen LogP contribution in [0.3, 0.4) is 0 Å². The van der Waals surface area contributed by atoms with E-state index in [-0.39, 0.29) is 29.9 Å². The summed E-state index contributed by atoms with van der Waals surface area (Å²) in [5.74, 6) is -0.325. The van der Waals surface area contributed by atoms with Gasteiger partial charge in [-0.25, -0.2) is 9.59 Å². The maximum Gasteiger partial charge on any atom is 0.407 e. The minimum Gasteiger partial charge on any atom is -0.462 e. The number of nitrogens with one attached hydrogen (secondary N) is 2. The summed E-state index contributed by atoms with van der Waals surface area (Å²) in [6, 6.07) is -0.128. The molecule has 1 spiro atoms. The molecule has 0 aliphatic heterocycles. The second-order valence-corrected chi connectivity index (χ2v) is 10.7. The van der Waals surface area contributed by atoms with Crippen LogP contribution in [-0.4, -0.2) is 36.2 Å². The van der Waals surface area contributed by atoms with Crippen LogP contribution in [0.15, 0.2) is 0 Å². The van der Waals surface area contributed by atoms with E-state index in [1.165, 1.54) is 11.3 Å². The van der Waals surface area contributed by atoms with Crippen molar-refractivity contribution in [3.8, 4) is 0 Å². The van der Waals surface area contributed by atoms with Gasteiger partial charge in [-0.2, -0.15) is 0 Å². The van der Waals surface area contributed by atoms with Crippen molar-refractivity contribution in [3.63, 3.8) is 0 Å². The van der Waals surface area contributed by atoms with E-state index in [1.807, 2.05) is 20.8 Å². The second kappa shape index (κ2) is 7.55. The first-order chi connectivity index (χ1) is 14.1. The molecule has 164 valence electrons. The summed E-state index contributed by atoms with van der Waals surface area (Å²) in [6.45, 7) is 7.50. The maximum atomic E-state index is 12.7. The Bertz CT molecular complexity index is 881. The monoisotopic (exact) mass is 434 g/mol. The maximum absolute atomic E-state index is 12.7. The number of aryl methyl sites for hydroxylation is 1. The Labute approximate surface area is 180 Å². The zero-order valence-electron chi connectivity index (χ0n) is 18.1. The highest BCUT2D eigenvalue weighted by Crippen LogP contribution is 2.70. The molecule has 0 saturated heterocycles. The van der Waals surface area contributed by atoms with Gasteiger partial charge >= 0.3 is 12.1 Å². The second-order valence-electron chi connectivity index (χ2n) is 9.62. The van der Waals surface area contributed by atoms with Gasteiger partial charge in [-0.3, -0.25) is 4.79 Å². The van der Waals surface area contributed by atoms with Crippen LogP contribution in [0.25, 0.3) is 0 Å². The van der Waals surface area contributed by atoms with Crippen molar-refractivity contribution in [2.24, 2.45) is 11.3 Å². The van der Waals surface area contributed by atoms with Gasteiger partial charge in [0.25, 0.3) is 0 Å². The average molecular weight is 435 g/mol. The normalized spacial score (nSPS) is 23.3. The number of alkyl carbamates (subject to hydrolysis) is 1. The van der Waals surface area contributed by atoms with Gasteiger partial charge in [0.05, 0.1) is 12.2 Å². The molecule has 2 amide bonds. The van der Waals surface area contributed by atoms with Gasteiger partial charge in [-0.15, -0.1) is 11.3 Å². The summed E-state index contributed by atoms with van der Waals surface area (Å²) in [5, 5.41) is 6.52. The van der Waals surface area contributed by atoms with Gasteiger partial charge in [0.2, 0.25) is 5.91 Å². The summed E-state index contributed by atoms with van der Waals surface area (Å²) in [4.78, 5) is 38.7. The topological polar surface area (TPSA) is 93.7 Å². The Morgan fingerprint density at radius 3 is 2.57 bits per heavy atom. The molecular weight excluding hydrogens is 404 g/mol. The molecule has 2 atom stereocenters. The molecule has 1 aromatic rings. The third-order valence-electron chi connectivity index (χ3n) is 6.10. The third kappa shape index (κ3) is 4.33. The highest BCUT2D eigenvalue weighted by Gasteiger charge is 2.65. The first kappa shape index (κ1) is 21.2. The lowest BCUT2D eigenvalue weighted by atomic mass is 9.91. The number of esters is 1. The highest BCUT2D eigenvalue weighted by molar-refractivity contribution is 7.17. The molecule has 0 bridgehead atoms. The first-order valence-corrected chi connectivity index (χ1v) is 11.6. The van der Waals surface area contributed by atoms with Crippen molar-refractivity contribution in [2.45, 2.75) is 77.9 Å². The molecule has 0 radical (unpaired) electrons. The lowest BCUT2D eigenvalue weighted by Gasteiger charge is -2.26. The zero-order chi connectivity index (χ0) is 21.7. The number of rotatable bonds is 5. The van der Waals surface area contributed by atoms with E-state index in [0.29, 0.717) is 17.0 Å². The fourth-order valence-electron chi connectivity index (χ4n) is 4.32. The van der Waals surface area contributed by atoms with Gasteiger partial charge in [-0.05, 0) is 77.2 Å². The summed E-state index contributed by atoms with van der Waals surface area (Å²) >= 11 is 1.46. The average Bonchev–Trinajstić information content (AvgIpc) is 3.53. The van der Waals surface area contributed by atoms with Crippen LogP contribution < -0.4 is 10.6 Å². The van der Waals surface area contributed by atoms with Crippen LogP contribution in [0.1, 0.15) is 74.2 Å². The SMILES string of the molecule is CCOC(=O)c1c(NC(=O)C2CC23CC3)sc2c1C[C@@H](NC(=O)OC(C)(C)C)CC2. The number of hydrogen-bond donors (Lipinski definition) is 2. The largest absolute Gasteiger partial charge is 0.462 e. The minimum atomic E-state index is -0.568. The molecule has 30 heavy (non-hydrogen) atoms. The fraction of sp³-hybridized carbons (Fsp3) is 0.682. The zero-order valence-corrected chi connectivity index (χ0v) is 18.9. The van der Waals surface area contributed by atoms with E-state index in [2.05, 4.69) is 10.6 Å². The first-order valence-electron chi connectivity index (χ1n) is 10.7. The van der Waals surface area contributed by atoms with E-state index in [1.54, 1.807) is 6.92 Å². The number of carbonyl (C=O) groups excluding carboxylic acids is 3. The molecule has 2 N–H and O–H groups in total. The quantitative estimate of drug-likeness (QED) is 0.682. The van der Waals surface area contributed by atoms with Crippen molar-refractivity contribution in [1.29, 1.82) is 0 Å². The molecule has 0 aromatic carbocycles. The van der Waals surface area contributed by atoms with Gasteiger partial charge in [0.15, 0.2) is 0 Å². The number of thiophene rings is 1. The molecule has 1 unspecified atom stereocenters. The Kier molecular flexibility index (Phi) is 5.33. The molecule has 1 heterocycles. The Morgan fingerprint density at radius 1 is 1.23 bits per heavy atom. The van der Waals surface area contributed by atoms with Crippen molar-refractivity contribution in [3.05, 3.63) is 16.0 Å². The lowest BCUT2D eigenvalue weighted by molar-refractivity contribution is -0.117. The lowest BCUT2D eigenvalue weighted by Crippen LogP contribution is -2.41. The van der Waals surface area contributed by atoms with Gasteiger partial charge in [0, 0.05) is 16.8 Å². The van der Waals surface area contributed by atoms with Gasteiger partial charge in [0.1, 0.15) is 10.6 Å². The van der Waals surface area contributed by atoms with Crippen molar-refractivity contribution >= 4 is 34.3 Å². The predicted octanol–water partition coefficient (Wildman–Crippen LogP) is 4.05. The smallest absolute Gasteiger partial charge is 0.407 e. The Hall–Kier alpha value is -2.09. The molecule has 1 aromatic heterocycles. The van der Waals surface area contributed by atoms with E-state index in [0.717, 1.165) is 42.5 Å². The van der Waals surface area contributed by atoms with Crippen LogP contribution in [0.2, 0.25) is 0 Å². The van der Waals surface area contributed by atoms with E-state index < -0.39 is 17.7 Å². The van der Waals surface area contributed by atoms with E-state index in [4.69, 9.17) is 9.47 Å². The number of anilines is 1. The molecule has 2 saturated carbocycles. The summed E-state index contributed by atoms with van der Waals surface area (Å²) in [6.07, 6.45) is 4.78. The van der Waals surface area contributed by atoms with Crippen molar-refractivity contribution in [1.82, 2.24) is 5.32 Å². The molecule has 4 rings (SSSR count). The number of carbonyl (C=O) groups is 3. The molecular formula is C22H30N2O5S. The minimum absolute atomic E-state index is 0.0140. The Morgan fingerprint density at radius 2 is 1.97 bits per heavy atom. The molecule has 2 fully saturated rings. The number of amides is 2. The van der Waals surface area contributed by atoms with Gasteiger partial charge < -0.3 is 20.1 Å². The molecule has 8 heteroatoms. The standard InChI is InChI=1S/C22H30N2O5S/c1-5-28-19(26)16-13-10-12(23-20(27)29-21(2,3)4)6-7-15(13)30-18(16)24-17(25)14-11-22(14)8-9-22/h12,14H,5-11H2,1-4H3,(H,23,27)(H,24,25)/t12-,14?/m0/s1. The summed E-state index contributed by atoms with van der Waals surface area (Å²) < 4.78 is 10.7. The summed E-state index contributed by atoms with van der Waals surface area (Å²) in [5.41, 5.74) is 1.01. The number of ether oxygens (including phenoxy) is 2. The van der Waals surface area contributed by atoms with E-state index >= 15 is 0 Å². The number of fused-ring (bicyclic) bond motifs is 1. The van der Waals surface area contributed by atoms with Crippen molar-refractivity contribution < 1.29 is 23.9 Å². The fourth-order valence-corrected chi connectivity index (χ4v) is 5.55. The van der Waals surface area contributed by atoms with Crippen LogP contribution in [0, 0.1) is 11.3 Å². The third-order valence-corrected chi connectivity index (χ3v) is 7.30. The van der Waals surface area contributed by atoms with Crippen LogP contribution >= 0.6 is 11.3 Å². The van der Waals surface area contributed by atoms with Crippen molar-refractivity contribution in [2.75, 3.05) is 11.9 Å². The van der Waals surface area contributed by atoms with Crippen LogP contribution in [0.5, 0.6) is 0 Å². The molecule has 7 nitrogen and oxygen atoms in total. The summed E-state index contributed by atoms with van der Waals surface area (Å²) in [7, 11) is 0. The molecule has 3 aliphatic rings. The Balaban J connectivity index is 1.51. The predicted molar refractivity (Wildman–Crippen MR) is 114 cm³/mol. The van der Waals surface area contributed by atoms with Gasteiger partial charge in [-0.1, -0.05) is 0 Å².